The number of nitro benzene ring substituents is 1. The average Bonchev–Trinajstić information content (AvgIpc) is 2.46. The monoisotopic (exact) mass is 287 g/mol. The minimum atomic E-state index is -0.457. The van der Waals surface area contributed by atoms with E-state index < -0.39 is 4.92 Å². The molecule has 0 aromatic heterocycles. The standard InChI is InChI=1S/C14H10ClN3O2/c15-13-2-1-3-14(18(19)20)12(13)9-17-11-6-4-10(8-16)5-7-11/h1-7,17H,9H2. The third kappa shape index (κ3) is 3.05. The quantitative estimate of drug-likeness (QED) is 0.686. The number of hydrogen-bond acceptors (Lipinski definition) is 4. The van der Waals surface area contributed by atoms with Gasteiger partial charge in [-0.3, -0.25) is 10.1 Å². The average molecular weight is 288 g/mol. The van der Waals surface area contributed by atoms with E-state index in [0.717, 1.165) is 5.69 Å². The molecule has 5 nitrogen and oxygen atoms in total. The Hall–Kier alpha value is -2.58. The highest BCUT2D eigenvalue weighted by Gasteiger charge is 2.15. The number of benzene rings is 2. The van der Waals surface area contributed by atoms with Crippen LogP contribution in [0.15, 0.2) is 42.5 Å². The first-order valence-electron chi connectivity index (χ1n) is 5.77. The van der Waals surface area contributed by atoms with Crippen molar-refractivity contribution >= 4 is 23.0 Å². The topological polar surface area (TPSA) is 79.0 Å². The van der Waals surface area contributed by atoms with Gasteiger partial charge in [-0.1, -0.05) is 17.7 Å². The maximum absolute atomic E-state index is 11.0. The molecule has 0 saturated carbocycles. The molecule has 6 heteroatoms. The minimum Gasteiger partial charge on any atom is -0.381 e. The van der Waals surface area contributed by atoms with Gasteiger partial charge in [-0.2, -0.15) is 5.26 Å². The number of nitro groups is 1. The third-order valence-electron chi connectivity index (χ3n) is 2.77. The van der Waals surface area contributed by atoms with Crippen LogP contribution in [0.1, 0.15) is 11.1 Å². The largest absolute Gasteiger partial charge is 0.381 e. The van der Waals surface area contributed by atoms with E-state index in [1.165, 1.54) is 6.07 Å². The van der Waals surface area contributed by atoms with Crippen molar-refractivity contribution in [1.29, 1.82) is 5.26 Å². The fourth-order valence-electron chi connectivity index (χ4n) is 1.75. The molecule has 20 heavy (non-hydrogen) atoms. The van der Waals surface area contributed by atoms with Gasteiger partial charge < -0.3 is 5.32 Å². The second-order valence-electron chi connectivity index (χ2n) is 4.04. The molecule has 0 aliphatic carbocycles. The predicted octanol–water partition coefficient (Wildman–Crippen LogP) is 3.73. The normalized spacial score (nSPS) is 9.80. The molecule has 0 spiro atoms. The summed E-state index contributed by atoms with van der Waals surface area (Å²) in [6.45, 7) is 0.238. The number of anilines is 1. The zero-order valence-electron chi connectivity index (χ0n) is 10.3. The van der Waals surface area contributed by atoms with Crippen LogP contribution in [-0.2, 0) is 6.54 Å². The molecule has 0 radical (unpaired) electrons. The van der Waals surface area contributed by atoms with E-state index in [2.05, 4.69) is 5.32 Å². The Morgan fingerprint density at radius 3 is 2.55 bits per heavy atom. The molecule has 0 aliphatic rings. The fraction of sp³-hybridized carbons (Fsp3) is 0.0714. The van der Waals surface area contributed by atoms with Crippen molar-refractivity contribution in [2.75, 3.05) is 5.32 Å². The van der Waals surface area contributed by atoms with Crippen LogP contribution < -0.4 is 5.32 Å². The summed E-state index contributed by atoms with van der Waals surface area (Å²) in [4.78, 5) is 10.5. The number of halogens is 1. The maximum Gasteiger partial charge on any atom is 0.275 e. The smallest absolute Gasteiger partial charge is 0.275 e. The Labute approximate surface area is 120 Å². The van der Waals surface area contributed by atoms with Crippen LogP contribution in [0.5, 0.6) is 0 Å². The Morgan fingerprint density at radius 2 is 1.95 bits per heavy atom. The molecule has 0 fully saturated rings. The first-order valence-corrected chi connectivity index (χ1v) is 6.15. The second kappa shape index (κ2) is 6.04. The lowest BCUT2D eigenvalue weighted by Gasteiger charge is -2.08. The Kier molecular flexibility index (Phi) is 4.18. The van der Waals surface area contributed by atoms with E-state index in [1.54, 1.807) is 36.4 Å². The van der Waals surface area contributed by atoms with Gasteiger partial charge in [0.15, 0.2) is 0 Å². The highest BCUT2D eigenvalue weighted by Crippen LogP contribution is 2.27. The summed E-state index contributed by atoms with van der Waals surface area (Å²) in [5.41, 5.74) is 1.74. The van der Waals surface area contributed by atoms with E-state index >= 15 is 0 Å². The van der Waals surface area contributed by atoms with Crippen molar-refractivity contribution in [2.45, 2.75) is 6.54 Å². The zero-order chi connectivity index (χ0) is 14.5. The number of nitrogens with one attached hydrogen (secondary N) is 1. The summed E-state index contributed by atoms with van der Waals surface area (Å²) in [5.74, 6) is 0. The molecule has 0 bridgehead atoms. The highest BCUT2D eigenvalue weighted by molar-refractivity contribution is 6.31. The lowest BCUT2D eigenvalue weighted by Crippen LogP contribution is -2.03. The van der Waals surface area contributed by atoms with Crippen molar-refractivity contribution in [3.8, 4) is 6.07 Å². The molecule has 2 aromatic rings. The van der Waals surface area contributed by atoms with E-state index in [9.17, 15) is 10.1 Å². The van der Waals surface area contributed by atoms with Crippen molar-refractivity contribution in [1.82, 2.24) is 0 Å². The predicted molar refractivity (Wildman–Crippen MR) is 76.6 cm³/mol. The van der Waals surface area contributed by atoms with Crippen LogP contribution >= 0.6 is 11.6 Å². The summed E-state index contributed by atoms with van der Waals surface area (Å²) in [6.07, 6.45) is 0. The van der Waals surface area contributed by atoms with Crippen LogP contribution in [0.4, 0.5) is 11.4 Å². The number of rotatable bonds is 4. The lowest BCUT2D eigenvalue weighted by molar-refractivity contribution is -0.385. The van der Waals surface area contributed by atoms with Crippen LogP contribution in [0, 0.1) is 21.4 Å². The molecular weight excluding hydrogens is 278 g/mol. The van der Waals surface area contributed by atoms with Gasteiger partial charge in [0.1, 0.15) is 0 Å². The minimum absolute atomic E-state index is 0.0151. The molecule has 0 unspecified atom stereocenters. The first-order chi connectivity index (χ1) is 9.61. The number of nitriles is 1. The molecular formula is C14H10ClN3O2. The fourth-order valence-corrected chi connectivity index (χ4v) is 1.98. The SMILES string of the molecule is N#Cc1ccc(NCc2c(Cl)cccc2[N+](=O)[O-])cc1. The zero-order valence-corrected chi connectivity index (χ0v) is 11.1. The van der Waals surface area contributed by atoms with E-state index in [1.807, 2.05) is 6.07 Å². The van der Waals surface area contributed by atoms with Crippen molar-refractivity contribution in [3.05, 3.63) is 68.7 Å². The Bertz CT molecular complexity index is 678. The molecule has 0 saturated heterocycles. The molecule has 100 valence electrons. The van der Waals surface area contributed by atoms with Gasteiger partial charge in [-0.05, 0) is 30.3 Å². The number of nitrogens with zero attached hydrogens (tertiary/aromatic N) is 2. The third-order valence-corrected chi connectivity index (χ3v) is 3.13. The maximum atomic E-state index is 11.0. The summed E-state index contributed by atoms with van der Waals surface area (Å²) >= 11 is 6.00. The highest BCUT2D eigenvalue weighted by atomic mass is 35.5. The molecule has 0 atom stereocenters. The Balaban J connectivity index is 2.18. The first kappa shape index (κ1) is 13.8. The van der Waals surface area contributed by atoms with Gasteiger partial charge >= 0.3 is 0 Å². The second-order valence-corrected chi connectivity index (χ2v) is 4.44. The van der Waals surface area contributed by atoms with Gasteiger partial charge in [0.2, 0.25) is 0 Å². The van der Waals surface area contributed by atoms with Gasteiger partial charge in [0.25, 0.3) is 5.69 Å². The molecule has 0 amide bonds. The molecule has 0 aliphatic heterocycles. The Morgan fingerprint density at radius 1 is 1.25 bits per heavy atom. The van der Waals surface area contributed by atoms with Crippen LogP contribution in [0.3, 0.4) is 0 Å². The molecule has 0 heterocycles. The van der Waals surface area contributed by atoms with Gasteiger partial charge in [-0.25, -0.2) is 0 Å². The van der Waals surface area contributed by atoms with Crippen molar-refractivity contribution in [2.24, 2.45) is 0 Å². The van der Waals surface area contributed by atoms with E-state index in [0.29, 0.717) is 16.1 Å². The van der Waals surface area contributed by atoms with Gasteiger partial charge in [-0.15, -0.1) is 0 Å². The van der Waals surface area contributed by atoms with Crippen LogP contribution in [0.25, 0.3) is 0 Å². The summed E-state index contributed by atoms with van der Waals surface area (Å²) < 4.78 is 0. The summed E-state index contributed by atoms with van der Waals surface area (Å²) in [5, 5.41) is 23.1. The van der Waals surface area contributed by atoms with E-state index in [4.69, 9.17) is 16.9 Å². The van der Waals surface area contributed by atoms with Gasteiger partial charge in [0, 0.05) is 18.3 Å². The van der Waals surface area contributed by atoms with Gasteiger partial charge in [0.05, 0.1) is 27.1 Å². The number of hydrogen-bond donors (Lipinski definition) is 1. The molecule has 2 rings (SSSR count). The molecule has 2 aromatic carbocycles. The van der Waals surface area contributed by atoms with Crippen LogP contribution in [-0.4, -0.2) is 4.92 Å². The lowest BCUT2D eigenvalue weighted by atomic mass is 10.1. The van der Waals surface area contributed by atoms with Crippen molar-refractivity contribution in [3.63, 3.8) is 0 Å². The van der Waals surface area contributed by atoms with E-state index in [-0.39, 0.29) is 12.2 Å². The van der Waals surface area contributed by atoms with Crippen LogP contribution in [0.2, 0.25) is 5.02 Å². The molecule has 1 N–H and O–H groups in total. The summed E-state index contributed by atoms with van der Waals surface area (Å²) in [7, 11) is 0. The van der Waals surface area contributed by atoms with Crippen molar-refractivity contribution < 1.29 is 4.92 Å². The summed E-state index contributed by atoms with van der Waals surface area (Å²) in [6, 6.07) is 13.4.